The summed E-state index contributed by atoms with van der Waals surface area (Å²) in [4.78, 5) is 8.77. The van der Waals surface area contributed by atoms with Gasteiger partial charge < -0.3 is 5.32 Å². The van der Waals surface area contributed by atoms with E-state index in [0.717, 1.165) is 30.3 Å². The summed E-state index contributed by atoms with van der Waals surface area (Å²) in [7, 11) is 1.97. The van der Waals surface area contributed by atoms with Gasteiger partial charge in [0.15, 0.2) is 0 Å². The lowest BCUT2D eigenvalue weighted by Gasteiger charge is -2.17. The molecule has 0 fully saturated rings. The maximum Gasteiger partial charge on any atom is 0.0934 e. The van der Waals surface area contributed by atoms with Crippen molar-refractivity contribution in [2.75, 3.05) is 7.05 Å². The molecule has 0 aliphatic carbocycles. The van der Waals surface area contributed by atoms with Gasteiger partial charge in [0, 0.05) is 24.9 Å². The number of fused-ring (bicyclic) bond motifs is 1. The fraction of sp³-hybridized carbons (Fsp3) is 0.333. The predicted octanol–water partition coefficient (Wildman–Crippen LogP) is 2.69. The van der Waals surface area contributed by atoms with E-state index in [4.69, 9.17) is 6.42 Å². The van der Waals surface area contributed by atoms with Gasteiger partial charge in [-0.15, -0.1) is 12.3 Å². The van der Waals surface area contributed by atoms with Gasteiger partial charge in [0.2, 0.25) is 0 Å². The Bertz CT molecular complexity index is 552. The molecule has 0 saturated heterocycles. The van der Waals surface area contributed by atoms with Crippen molar-refractivity contribution in [3.05, 3.63) is 36.2 Å². The third-order valence-corrected chi connectivity index (χ3v) is 3.07. The first-order valence-corrected chi connectivity index (χ1v) is 6.17. The molecular weight excluding hydrogens is 222 g/mol. The second-order valence-electron chi connectivity index (χ2n) is 4.21. The van der Waals surface area contributed by atoms with Crippen molar-refractivity contribution in [1.29, 1.82) is 0 Å². The first-order valence-electron chi connectivity index (χ1n) is 6.17. The Morgan fingerprint density at radius 2 is 2.17 bits per heavy atom. The quantitative estimate of drug-likeness (QED) is 0.644. The Morgan fingerprint density at radius 1 is 1.33 bits per heavy atom. The summed E-state index contributed by atoms with van der Waals surface area (Å²) in [6.07, 6.45) is 11.6. The lowest BCUT2D eigenvalue weighted by Crippen LogP contribution is -2.17. The fourth-order valence-electron chi connectivity index (χ4n) is 2.16. The standard InChI is InChI=1S/C15H17N3/c1-3-4-5-8-13(16-2)12-7-6-9-14-15(12)18-11-10-17-14/h1,6-7,9-11,13,16H,4-5,8H2,2H3. The summed E-state index contributed by atoms with van der Waals surface area (Å²) in [6, 6.07) is 6.39. The number of nitrogens with zero attached hydrogens (tertiary/aromatic N) is 2. The number of hydrogen-bond donors (Lipinski definition) is 1. The minimum Gasteiger partial charge on any atom is -0.313 e. The highest BCUT2D eigenvalue weighted by Gasteiger charge is 2.12. The van der Waals surface area contributed by atoms with E-state index in [-0.39, 0.29) is 6.04 Å². The average Bonchev–Trinajstić information content (AvgIpc) is 2.43. The summed E-state index contributed by atoms with van der Waals surface area (Å²) < 4.78 is 0. The average molecular weight is 239 g/mol. The van der Waals surface area contributed by atoms with E-state index in [1.165, 1.54) is 5.56 Å². The molecule has 0 aliphatic heterocycles. The van der Waals surface area contributed by atoms with E-state index in [9.17, 15) is 0 Å². The smallest absolute Gasteiger partial charge is 0.0934 e. The largest absolute Gasteiger partial charge is 0.313 e. The van der Waals surface area contributed by atoms with E-state index < -0.39 is 0 Å². The van der Waals surface area contributed by atoms with Gasteiger partial charge in [-0.05, 0) is 31.5 Å². The van der Waals surface area contributed by atoms with Gasteiger partial charge in [-0.1, -0.05) is 12.1 Å². The van der Waals surface area contributed by atoms with Crippen LogP contribution in [0.2, 0.25) is 0 Å². The lowest BCUT2D eigenvalue weighted by atomic mass is 9.99. The molecule has 1 heterocycles. The number of hydrogen-bond acceptors (Lipinski definition) is 3. The Balaban J connectivity index is 2.30. The Kier molecular flexibility index (Phi) is 4.27. The normalized spacial score (nSPS) is 12.2. The zero-order valence-electron chi connectivity index (χ0n) is 10.6. The van der Waals surface area contributed by atoms with Gasteiger partial charge in [-0.2, -0.15) is 0 Å². The minimum absolute atomic E-state index is 0.277. The molecule has 3 nitrogen and oxygen atoms in total. The van der Waals surface area contributed by atoms with Crippen LogP contribution in [0.4, 0.5) is 0 Å². The molecule has 2 aromatic rings. The van der Waals surface area contributed by atoms with Crippen LogP contribution in [0.25, 0.3) is 11.0 Å². The maximum atomic E-state index is 5.29. The first kappa shape index (κ1) is 12.5. The van der Waals surface area contributed by atoms with Crippen LogP contribution >= 0.6 is 0 Å². The van der Waals surface area contributed by atoms with E-state index in [0.29, 0.717) is 0 Å². The zero-order valence-corrected chi connectivity index (χ0v) is 10.6. The van der Waals surface area contributed by atoms with Gasteiger partial charge in [-0.25, -0.2) is 0 Å². The molecule has 1 N–H and O–H groups in total. The third-order valence-electron chi connectivity index (χ3n) is 3.07. The van der Waals surface area contributed by atoms with Crippen LogP contribution in [0.15, 0.2) is 30.6 Å². The molecule has 92 valence electrons. The van der Waals surface area contributed by atoms with Gasteiger partial charge in [-0.3, -0.25) is 9.97 Å². The molecule has 0 radical (unpaired) electrons. The minimum atomic E-state index is 0.277. The van der Waals surface area contributed by atoms with E-state index in [2.05, 4.69) is 27.3 Å². The van der Waals surface area contributed by atoms with Gasteiger partial charge in [0.1, 0.15) is 0 Å². The second-order valence-corrected chi connectivity index (χ2v) is 4.21. The molecule has 0 amide bonds. The van der Waals surface area contributed by atoms with Crippen LogP contribution in [0.3, 0.4) is 0 Å². The van der Waals surface area contributed by atoms with Gasteiger partial charge in [0.25, 0.3) is 0 Å². The SMILES string of the molecule is C#CCCCC(NC)c1cccc2nccnc12. The third kappa shape index (κ3) is 2.66. The number of unbranched alkanes of at least 4 members (excludes halogenated alkanes) is 1. The van der Waals surface area contributed by atoms with E-state index in [1.807, 2.05) is 19.2 Å². The fourth-order valence-corrected chi connectivity index (χ4v) is 2.16. The lowest BCUT2D eigenvalue weighted by molar-refractivity contribution is 0.534. The number of nitrogens with one attached hydrogen (secondary N) is 1. The Hall–Kier alpha value is -1.92. The van der Waals surface area contributed by atoms with Crippen molar-refractivity contribution < 1.29 is 0 Å². The monoisotopic (exact) mass is 239 g/mol. The van der Waals surface area contributed by atoms with Crippen molar-refractivity contribution in [2.45, 2.75) is 25.3 Å². The molecular formula is C15H17N3. The van der Waals surface area contributed by atoms with Crippen molar-refractivity contribution in [2.24, 2.45) is 0 Å². The maximum absolute atomic E-state index is 5.29. The summed E-state index contributed by atoms with van der Waals surface area (Å²) in [5.74, 6) is 2.68. The Morgan fingerprint density at radius 3 is 2.94 bits per heavy atom. The van der Waals surface area contributed by atoms with E-state index >= 15 is 0 Å². The van der Waals surface area contributed by atoms with Crippen LogP contribution in [0.1, 0.15) is 30.9 Å². The van der Waals surface area contributed by atoms with Crippen LogP contribution in [-0.4, -0.2) is 17.0 Å². The topological polar surface area (TPSA) is 37.8 Å². The van der Waals surface area contributed by atoms with Crippen molar-refractivity contribution >= 4 is 11.0 Å². The van der Waals surface area contributed by atoms with Crippen LogP contribution < -0.4 is 5.32 Å². The van der Waals surface area contributed by atoms with Crippen LogP contribution in [0, 0.1) is 12.3 Å². The molecule has 0 aliphatic rings. The Labute approximate surface area is 108 Å². The summed E-state index contributed by atoms with van der Waals surface area (Å²) in [5.41, 5.74) is 3.10. The molecule has 2 rings (SSSR count). The summed E-state index contributed by atoms with van der Waals surface area (Å²) >= 11 is 0. The van der Waals surface area contributed by atoms with Crippen molar-refractivity contribution in [3.63, 3.8) is 0 Å². The van der Waals surface area contributed by atoms with Crippen LogP contribution in [-0.2, 0) is 0 Å². The highest BCUT2D eigenvalue weighted by Crippen LogP contribution is 2.24. The summed E-state index contributed by atoms with van der Waals surface area (Å²) in [6.45, 7) is 0. The molecule has 0 spiro atoms. The van der Waals surface area contributed by atoms with E-state index in [1.54, 1.807) is 12.4 Å². The molecule has 0 saturated carbocycles. The molecule has 3 heteroatoms. The molecule has 1 atom stereocenters. The number of rotatable bonds is 5. The van der Waals surface area contributed by atoms with Crippen molar-refractivity contribution in [1.82, 2.24) is 15.3 Å². The molecule has 18 heavy (non-hydrogen) atoms. The second kappa shape index (κ2) is 6.13. The number of terminal acetylenes is 1. The number of para-hydroxylation sites is 1. The van der Waals surface area contributed by atoms with Gasteiger partial charge in [0.05, 0.1) is 11.0 Å². The molecule has 1 unspecified atom stereocenters. The molecule has 0 bridgehead atoms. The molecule has 1 aromatic carbocycles. The highest BCUT2D eigenvalue weighted by atomic mass is 14.9. The zero-order chi connectivity index (χ0) is 12.8. The molecule has 1 aromatic heterocycles. The van der Waals surface area contributed by atoms with Crippen molar-refractivity contribution in [3.8, 4) is 12.3 Å². The first-order chi connectivity index (χ1) is 8.86. The van der Waals surface area contributed by atoms with Gasteiger partial charge >= 0.3 is 0 Å². The number of aromatic nitrogens is 2. The predicted molar refractivity (Wildman–Crippen MR) is 74.0 cm³/mol. The summed E-state index contributed by atoms with van der Waals surface area (Å²) in [5, 5.41) is 3.33. The number of benzene rings is 1. The highest BCUT2D eigenvalue weighted by molar-refractivity contribution is 5.78. The van der Waals surface area contributed by atoms with Crippen LogP contribution in [0.5, 0.6) is 0 Å².